The van der Waals surface area contributed by atoms with Crippen molar-refractivity contribution in [2.45, 2.75) is 72.0 Å². The van der Waals surface area contributed by atoms with Gasteiger partial charge in [-0.05, 0) is 72.4 Å². The van der Waals surface area contributed by atoms with Crippen LogP contribution in [0.5, 0.6) is 0 Å². The Balaban J connectivity index is 4.21. The monoisotopic (exact) mass is 331 g/mol. The Hall–Kier alpha value is -0.160. The molecule has 0 saturated carbocycles. The van der Waals surface area contributed by atoms with Gasteiger partial charge in [-0.25, -0.2) is 0 Å². The summed E-state index contributed by atoms with van der Waals surface area (Å²) >= 11 is 0. The minimum Gasteiger partial charge on any atom is -0.381 e. The number of nitrogens with one attached hydrogen (secondary N) is 1. The maximum atomic E-state index is 6.15. The molecule has 1 unspecified atom stereocenters. The second-order valence-electron chi connectivity index (χ2n) is 8.06. The van der Waals surface area contributed by atoms with Crippen LogP contribution >= 0.6 is 0 Å². The predicted molar refractivity (Wildman–Crippen MR) is 98.0 cm³/mol. The van der Waals surface area contributed by atoms with Gasteiger partial charge in [0.25, 0.3) is 0 Å². The highest BCUT2D eigenvalue weighted by Gasteiger charge is 2.27. The molecule has 0 aliphatic carbocycles. The molecule has 0 aromatic carbocycles. The lowest BCUT2D eigenvalue weighted by Gasteiger charge is -2.33. The molecule has 0 spiro atoms. The third-order valence-corrected chi connectivity index (χ3v) is 4.49. The quantitative estimate of drug-likeness (QED) is 0.490. The fraction of sp³-hybridized carbons (Fsp3) is 1.00. The first-order valence-corrected chi connectivity index (χ1v) is 9.05. The highest BCUT2D eigenvalue weighted by molar-refractivity contribution is 4.77. The van der Waals surface area contributed by atoms with Crippen molar-refractivity contribution in [3.63, 3.8) is 0 Å². The summed E-state index contributed by atoms with van der Waals surface area (Å²) < 4.78 is 17.5. The molecule has 0 bridgehead atoms. The number of hydrogen-bond acceptors (Lipinski definition) is 4. The lowest BCUT2D eigenvalue weighted by molar-refractivity contribution is -0.0753. The van der Waals surface area contributed by atoms with E-state index in [4.69, 9.17) is 14.2 Å². The molecule has 140 valence electrons. The van der Waals surface area contributed by atoms with Gasteiger partial charge >= 0.3 is 0 Å². The normalized spacial score (nSPS) is 14.5. The molecule has 0 radical (unpaired) electrons. The van der Waals surface area contributed by atoms with E-state index in [1.807, 2.05) is 7.05 Å². The smallest absolute Gasteiger partial charge is 0.0644 e. The maximum Gasteiger partial charge on any atom is 0.0644 e. The van der Waals surface area contributed by atoms with E-state index in [2.05, 4.69) is 46.9 Å². The van der Waals surface area contributed by atoms with Gasteiger partial charge in [-0.1, -0.05) is 13.8 Å². The Morgan fingerprint density at radius 1 is 1.00 bits per heavy atom. The molecular formula is C19H41NO3. The highest BCUT2D eigenvalue weighted by atomic mass is 16.5. The predicted octanol–water partition coefficient (Wildman–Crippen LogP) is 3.89. The summed E-state index contributed by atoms with van der Waals surface area (Å²) in [7, 11) is 3.73. The first-order chi connectivity index (χ1) is 10.6. The summed E-state index contributed by atoms with van der Waals surface area (Å²) in [6.45, 7) is 16.5. The van der Waals surface area contributed by atoms with Crippen LogP contribution in [-0.4, -0.2) is 51.7 Å². The molecular weight excluding hydrogens is 290 g/mol. The van der Waals surface area contributed by atoms with Crippen LogP contribution < -0.4 is 5.32 Å². The molecule has 0 heterocycles. The molecule has 0 saturated heterocycles. The van der Waals surface area contributed by atoms with Gasteiger partial charge in [-0.3, -0.25) is 0 Å². The molecule has 0 rings (SSSR count). The largest absolute Gasteiger partial charge is 0.381 e. The van der Waals surface area contributed by atoms with E-state index < -0.39 is 0 Å². The third-order valence-electron chi connectivity index (χ3n) is 4.49. The molecule has 0 aromatic rings. The number of ether oxygens (including phenoxy) is 3. The van der Waals surface area contributed by atoms with Crippen LogP contribution in [0.25, 0.3) is 0 Å². The molecule has 0 aliphatic rings. The minimum absolute atomic E-state index is 0.121. The fourth-order valence-corrected chi connectivity index (χ4v) is 2.44. The summed E-state index contributed by atoms with van der Waals surface area (Å²) in [6, 6.07) is 0. The standard InChI is InChI=1S/C19H41NO3/c1-16(2)17(15-22-12-9-11-20-7)14-19(5,6)23-13-10-18(3,4)21-8/h16-17,20H,9-15H2,1-8H3. The van der Waals surface area contributed by atoms with Crippen molar-refractivity contribution >= 4 is 0 Å². The van der Waals surface area contributed by atoms with E-state index in [1.54, 1.807) is 7.11 Å². The van der Waals surface area contributed by atoms with Crippen LogP contribution in [0.3, 0.4) is 0 Å². The highest BCUT2D eigenvalue weighted by Crippen LogP contribution is 2.27. The van der Waals surface area contributed by atoms with Gasteiger partial charge in [0, 0.05) is 20.3 Å². The second kappa shape index (κ2) is 11.4. The first kappa shape index (κ1) is 22.8. The van der Waals surface area contributed by atoms with Gasteiger partial charge in [0.1, 0.15) is 0 Å². The summed E-state index contributed by atoms with van der Waals surface area (Å²) in [5.74, 6) is 1.12. The Kier molecular flexibility index (Phi) is 11.3. The van der Waals surface area contributed by atoms with Gasteiger partial charge < -0.3 is 19.5 Å². The molecule has 0 fully saturated rings. The average Bonchev–Trinajstić information content (AvgIpc) is 2.45. The number of hydrogen-bond donors (Lipinski definition) is 1. The van der Waals surface area contributed by atoms with E-state index in [9.17, 15) is 0 Å². The van der Waals surface area contributed by atoms with E-state index in [-0.39, 0.29) is 11.2 Å². The van der Waals surface area contributed by atoms with Crippen LogP contribution in [0.4, 0.5) is 0 Å². The van der Waals surface area contributed by atoms with Crippen molar-refractivity contribution in [2.75, 3.05) is 40.5 Å². The van der Waals surface area contributed by atoms with Crippen LogP contribution in [-0.2, 0) is 14.2 Å². The lowest BCUT2D eigenvalue weighted by atomic mass is 9.86. The molecule has 1 N–H and O–H groups in total. The van der Waals surface area contributed by atoms with Gasteiger partial charge in [-0.15, -0.1) is 0 Å². The van der Waals surface area contributed by atoms with Gasteiger partial charge in [0.2, 0.25) is 0 Å². The maximum absolute atomic E-state index is 6.15. The lowest BCUT2D eigenvalue weighted by Crippen LogP contribution is -2.34. The summed E-state index contributed by atoms with van der Waals surface area (Å²) in [6.07, 6.45) is 2.98. The Bertz CT molecular complexity index is 290. The zero-order valence-electron chi connectivity index (χ0n) is 16.8. The van der Waals surface area contributed by atoms with Crippen LogP contribution in [0.1, 0.15) is 60.8 Å². The Labute approximate surface area is 144 Å². The molecule has 23 heavy (non-hydrogen) atoms. The third kappa shape index (κ3) is 11.9. The van der Waals surface area contributed by atoms with Crippen molar-refractivity contribution in [2.24, 2.45) is 11.8 Å². The van der Waals surface area contributed by atoms with Gasteiger partial charge in [-0.2, -0.15) is 0 Å². The molecule has 0 aliphatic heterocycles. The van der Waals surface area contributed by atoms with E-state index in [1.165, 1.54) is 0 Å². The molecule has 0 amide bonds. The average molecular weight is 332 g/mol. The fourth-order valence-electron chi connectivity index (χ4n) is 2.44. The van der Waals surface area contributed by atoms with Crippen molar-refractivity contribution in [3.8, 4) is 0 Å². The zero-order valence-corrected chi connectivity index (χ0v) is 16.8. The van der Waals surface area contributed by atoms with Gasteiger partial charge in [0.15, 0.2) is 0 Å². The Morgan fingerprint density at radius 2 is 1.65 bits per heavy atom. The van der Waals surface area contributed by atoms with Gasteiger partial charge in [0.05, 0.1) is 17.8 Å². The van der Waals surface area contributed by atoms with Crippen molar-refractivity contribution < 1.29 is 14.2 Å². The van der Waals surface area contributed by atoms with Crippen molar-refractivity contribution in [3.05, 3.63) is 0 Å². The van der Waals surface area contributed by atoms with E-state index in [0.717, 1.165) is 45.6 Å². The number of rotatable bonds is 14. The van der Waals surface area contributed by atoms with Crippen molar-refractivity contribution in [1.82, 2.24) is 5.32 Å². The zero-order chi connectivity index (χ0) is 17.9. The van der Waals surface area contributed by atoms with Crippen LogP contribution in [0, 0.1) is 11.8 Å². The second-order valence-corrected chi connectivity index (χ2v) is 8.06. The van der Waals surface area contributed by atoms with Crippen molar-refractivity contribution in [1.29, 1.82) is 0 Å². The summed E-state index contributed by atoms with van der Waals surface area (Å²) in [5, 5.41) is 3.15. The number of methoxy groups -OCH3 is 1. The van der Waals surface area contributed by atoms with E-state index in [0.29, 0.717) is 11.8 Å². The van der Waals surface area contributed by atoms with E-state index >= 15 is 0 Å². The van der Waals surface area contributed by atoms with Crippen LogP contribution in [0.15, 0.2) is 0 Å². The molecule has 1 atom stereocenters. The topological polar surface area (TPSA) is 39.7 Å². The molecule has 4 heteroatoms. The molecule has 0 aromatic heterocycles. The first-order valence-electron chi connectivity index (χ1n) is 9.05. The molecule has 4 nitrogen and oxygen atoms in total. The minimum atomic E-state index is -0.132. The SMILES string of the molecule is CNCCCOCC(CC(C)(C)OCCC(C)(C)OC)C(C)C. The summed E-state index contributed by atoms with van der Waals surface area (Å²) in [5.41, 5.74) is -0.253. The Morgan fingerprint density at radius 3 is 2.17 bits per heavy atom. The van der Waals surface area contributed by atoms with Crippen LogP contribution in [0.2, 0.25) is 0 Å². The summed E-state index contributed by atoms with van der Waals surface area (Å²) in [4.78, 5) is 0.